The normalized spacial score (nSPS) is 14.0. The quantitative estimate of drug-likeness (QED) is 0.615. The molecular formula is C14H14F2N2O5S. The summed E-state index contributed by atoms with van der Waals surface area (Å²) >= 11 is 4.94. The summed E-state index contributed by atoms with van der Waals surface area (Å²) in [5.74, 6) is -1.22. The Bertz CT molecular complexity index is 669. The number of alkyl halides is 2. The summed E-state index contributed by atoms with van der Waals surface area (Å²) in [4.78, 5) is 22.8. The third kappa shape index (κ3) is 5.01. The maximum absolute atomic E-state index is 12.9. The van der Waals surface area contributed by atoms with Gasteiger partial charge in [0.1, 0.15) is 0 Å². The minimum atomic E-state index is -3.71. The van der Waals surface area contributed by atoms with E-state index in [1.54, 1.807) is 6.92 Å². The van der Waals surface area contributed by atoms with E-state index in [1.165, 1.54) is 18.2 Å². The number of benzene rings is 1. The first-order valence-electron chi connectivity index (χ1n) is 6.95. The van der Waals surface area contributed by atoms with Gasteiger partial charge in [0.05, 0.1) is 13.0 Å². The summed E-state index contributed by atoms with van der Waals surface area (Å²) in [5, 5.41) is 4.96. The van der Waals surface area contributed by atoms with Gasteiger partial charge in [0.2, 0.25) is 5.91 Å². The first-order valence-corrected chi connectivity index (χ1v) is 7.36. The lowest BCUT2D eigenvalue weighted by atomic mass is 10.3. The molecule has 130 valence electrons. The smallest absolute Gasteiger partial charge is 0.466 e. The zero-order valence-corrected chi connectivity index (χ0v) is 13.4. The molecule has 0 bridgehead atoms. The van der Waals surface area contributed by atoms with Crippen molar-refractivity contribution in [2.75, 3.05) is 11.9 Å². The van der Waals surface area contributed by atoms with Gasteiger partial charge in [0.25, 0.3) is 0 Å². The molecule has 1 aromatic rings. The molecule has 1 amide bonds. The Labute approximate surface area is 141 Å². The number of nitrogens with one attached hydrogen (secondary N) is 2. The average Bonchev–Trinajstić information content (AvgIpc) is 2.78. The van der Waals surface area contributed by atoms with Gasteiger partial charge < -0.3 is 24.8 Å². The molecule has 2 N–H and O–H groups in total. The lowest BCUT2D eigenvalue weighted by molar-refractivity contribution is -0.286. The van der Waals surface area contributed by atoms with E-state index in [2.05, 4.69) is 20.1 Å². The molecule has 1 aliphatic heterocycles. The van der Waals surface area contributed by atoms with Gasteiger partial charge in [-0.25, -0.2) is 0 Å². The first kappa shape index (κ1) is 17.9. The van der Waals surface area contributed by atoms with Crippen molar-refractivity contribution < 1.29 is 32.6 Å². The van der Waals surface area contributed by atoms with Crippen molar-refractivity contribution in [2.24, 2.45) is 0 Å². The van der Waals surface area contributed by atoms with Gasteiger partial charge in [-0.3, -0.25) is 9.59 Å². The molecule has 7 nitrogen and oxygen atoms in total. The van der Waals surface area contributed by atoms with Crippen LogP contribution in [0.1, 0.15) is 19.8 Å². The predicted molar refractivity (Wildman–Crippen MR) is 82.9 cm³/mol. The van der Waals surface area contributed by atoms with Crippen molar-refractivity contribution in [1.29, 1.82) is 0 Å². The topological polar surface area (TPSA) is 85.9 Å². The van der Waals surface area contributed by atoms with Crippen molar-refractivity contribution in [3.05, 3.63) is 18.2 Å². The number of anilines is 1. The molecule has 10 heteroatoms. The molecule has 1 aliphatic rings. The van der Waals surface area contributed by atoms with Gasteiger partial charge in [0.15, 0.2) is 16.6 Å². The monoisotopic (exact) mass is 360 g/mol. The van der Waals surface area contributed by atoms with E-state index in [0.717, 1.165) is 0 Å². The highest BCUT2D eigenvalue weighted by Crippen LogP contribution is 2.42. The van der Waals surface area contributed by atoms with Crippen molar-refractivity contribution in [3.8, 4) is 11.5 Å². The molecular weight excluding hydrogens is 346 g/mol. The Morgan fingerprint density at radius 1 is 1.25 bits per heavy atom. The summed E-state index contributed by atoms with van der Waals surface area (Å²) in [6, 6.07) is 3.97. The number of thiocarbonyl (C=S) groups is 1. The van der Waals surface area contributed by atoms with Gasteiger partial charge in [-0.05, 0) is 31.3 Å². The van der Waals surface area contributed by atoms with Crippen LogP contribution in [0.25, 0.3) is 0 Å². The van der Waals surface area contributed by atoms with Crippen LogP contribution in [0.15, 0.2) is 18.2 Å². The van der Waals surface area contributed by atoms with Crippen LogP contribution in [0.3, 0.4) is 0 Å². The second-order valence-corrected chi connectivity index (χ2v) is 5.04. The van der Waals surface area contributed by atoms with E-state index in [9.17, 15) is 18.4 Å². The van der Waals surface area contributed by atoms with Gasteiger partial charge in [-0.15, -0.1) is 8.78 Å². The standard InChI is InChI=1S/C14H14F2N2O5S/c1-2-21-12(20)6-5-11(19)18-13(24)17-8-3-4-9-10(7-8)23-14(15,16)22-9/h3-4,7H,2,5-6H2,1H3,(H2,17,18,19,24). The van der Waals surface area contributed by atoms with Crippen LogP contribution in [0.2, 0.25) is 0 Å². The molecule has 1 heterocycles. The van der Waals surface area contributed by atoms with Crippen molar-refractivity contribution in [3.63, 3.8) is 0 Å². The highest BCUT2D eigenvalue weighted by atomic mass is 32.1. The number of halogens is 2. The van der Waals surface area contributed by atoms with Crippen molar-refractivity contribution >= 4 is 34.9 Å². The number of rotatable bonds is 5. The van der Waals surface area contributed by atoms with Crippen LogP contribution in [-0.2, 0) is 14.3 Å². The molecule has 2 rings (SSSR count). The fourth-order valence-electron chi connectivity index (χ4n) is 1.83. The second-order valence-electron chi connectivity index (χ2n) is 4.64. The van der Waals surface area contributed by atoms with Crippen molar-refractivity contribution in [2.45, 2.75) is 26.1 Å². The minimum absolute atomic E-state index is 0.0468. The van der Waals surface area contributed by atoms with Gasteiger partial charge in [-0.1, -0.05) is 0 Å². The summed E-state index contributed by atoms with van der Waals surface area (Å²) in [5.41, 5.74) is 0.325. The highest BCUT2D eigenvalue weighted by molar-refractivity contribution is 7.80. The molecule has 0 spiro atoms. The fourth-order valence-corrected chi connectivity index (χ4v) is 2.06. The minimum Gasteiger partial charge on any atom is -0.466 e. The van der Waals surface area contributed by atoms with Crippen LogP contribution in [-0.4, -0.2) is 29.9 Å². The Balaban J connectivity index is 1.83. The summed E-state index contributed by atoms with van der Waals surface area (Å²) in [6.45, 7) is 1.90. The second kappa shape index (κ2) is 7.39. The molecule has 0 saturated heterocycles. The summed E-state index contributed by atoms with van der Waals surface area (Å²) in [6.07, 6.45) is -3.86. The Morgan fingerprint density at radius 3 is 2.67 bits per heavy atom. The molecule has 0 unspecified atom stereocenters. The lowest BCUT2D eigenvalue weighted by Crippen LogP contribution is -2.34. The molecule has 24 heavy (non-hydrogen) atoms. The highest BCUT2D eigenvalue weighted by Gasteiger charge is 2.43. The largest absolute Gasteiger partial charge is 0.586 e. The molecule has 0 aliphatic carbocycles. The van der Waals surface area contributed by atoms with E-state index in [1.807, 2.05) is 0 Å². The summed E-state index contributed by atoms with van der Waals surface area (Å²) in [7, 11) is 0. The third-order valence-electron chi connectivity index (χ3n) is 2.77. The fraction of sp³-hybridized carbons (Fsp3) is 0.357. The summed E-state index contributed by atoms with van der Waals surface area (Å²) < 4.78 is 39.1. The van der Waals surface area contributed by atoms with Gasteiger partial charge >= 0.3 is 12.3 Å². The number of carbonyl (C=O) groups is 2. The Hall–Kier alpha value is -2.49. The predicted octanol–water partition coefficient (Wildman–Crippen LogP) is 2.16. The number of esters is 1. The Morgan fingerprint density at radius 2 is 1.96 bits per heavy atom. The van der Waals surface area contributed by atoms with E-state index < -0.39 is 18.2 Å². The molecule has 0 radical (unpaired) electrons. The van der Waals surface area contributed by atoms with Crippen LogP contribution in [0, 0.1) is 0 Å². The zero-order chi connectivity index (χ0) is 17.7. The van der Waals surface area contributed by atoms with E-state index >= 15 is 0 Å². The third-order valence-corrected chi connectivity index (χ3v) is 2.98. The lowest BCUT2D eigenvalue weighted by Gasteiger charge is -2.09. The number of fused-ring (bicyclic) bond motifs is 1. The Kier molecular flexibility index (Phi) is 5.50. The van der Waals surface area contributed by atoms with Crippen LogP contribution >= 0.6 is 12.2 Å². The number of hydrogen-bond acceptors (Lipinski definition) is 6. The van der Waals surface area contributed by atoms with Crippen LogP contribution in [0.5, 0.6) is 11.5 Å². The number of amides is 1. The van der Waals surface area contributed by atoms with Gasteiger partial charge in [0, 0.05) is 18.2 Å². The number of carbonyl (C=O) groups excluding carboxylic acids is 2. The van der Waals surface area contributed by atoms with E-state index in [-0.39, 0.29) is 36.1 Å². The number of hydrogen-bond donors (Lipinski definition) is 2. The molecule has 0 saturated carbocycles. The number of ether oxygens (including phenoxy) is 3. The average molecular weight is 360 g/mol. The van der Waals surface area contributed by atoms with Crippen LogP contribution in [0.4, 0.5) is 14.5 Å². The van der Waals surface area contributed by atoms with Crippen molar-refractivity contribution in [1.82, 2.24) is 5.32 Å². The molecule has 0 atom stereocenters. The van der Waals surface area contributed by atoms with E-state index in [4.69, 9.17) is 17.0 Å². The van der Waals surface area contributed by atoms with E-state index in [0.29, 0.717) is 5.69 Å². The van der Waals surface area contributed by atoms with Crippen LogP contribution < -0.4 is 20.1 Å². The maximum Gasteiger partial charge on any atom is 0.586 e. The maximum atomic E-state index is 12.9. The zero-order valence-electron chi connectivity index (χ0n) is 12.6. The molecule has 1 aromatic carbocycles. The first-order chi connectivity index (χ1) is 11.3. The molecule has 0 fully saturated rings. The van der Waals surface area contributed by atoms with Gasteiger partial charge in [-0.2, -0.15) is 0 Å². The molecule has 0 aromatic heterocycles. The SMILES string of the molecule is CCOC(=O)CCC(=O)NC(=S)Nc1ccc2c(c1)OC(F)(F)O2.